The molecular weight excluding hydrogens is 418 g/mol. The summed E-state index contributed by atoms with van der Waals surface area (Å²) in [6.07, 6.45) is 0.661. The van der Waals surface area contributed by atoms with Crippen LogP contribution in [0.3, 0.4) is 0 Å². The average molecular weight is 448 g/mol. The van der Waals surface area contributed by atoms with Gasteiger partial charge in [0.05, 0.1) is 15.9 Å². The molecule has 168 valence electrons. The largest absolute Gasteiger partial charge is 0.359 e. The maximum atomic E-state index is 12.8. The van der Waals surface area contributed by atoms with Crippen molar-refractivity contribution in [2.75, 3.05) is 18.4 Å². The molecule has 1 N–H and O–H groups in total. The van der Waals surface area contributed by atoms with E-state index in [1.165, 1.54) is 4.31 Å². The van der Waals surface area contributed by atoms with Crippen molar-refractivity contribution in [2.24, 2.45) is 0 Å². The lowest BCUT2D eigenvalue weighted by atomic mass is 10.2. The summed E-state index contributed by atoms with van der Waals surface area (Å²) in [7, 11) is -3.56. The van der Waals surface area contributed by atoms with Gasteiger partial charge in [0.15, 0.2) is 5.76 Å². The van der Waals surface area contributed by atoms with E-state index in [4.69, 9.17) is 4.52 Å². The molecule has 0 aliphatic heterocycles. The Morgan fingerprint density at radius 2 is 1.90 bits per heavy atom. The Morgan fingerprint density at radius 1 is 1.19 bits per heavy atom. The quantitative estimate of drug-likeness (QED) is 0.539. The van der Waals surface area contributed by atoms with Crippen LogP contribution in [0.15, 0.2) is 27.6 Å². The Bertz CT molecular complexity index is 1170. The predicted molar refractivity (Wildman–Crippen MR) is 118 cm³/mol. The van der Waals surface area contributed by atoms with Gasteiger partial charge in [-0.05, 0) is 39.0 Å². The summed E-state index contributed by atoms with van der Waals surface area (Å²) in [5, 5.41) is 6.67. The molecule has 0 bridgehead atoms. The van der Waals surface area contributed by atoms with Crippen LogP contribution in [-0.2, 0) is 27.8 Å². The molecular formula is C21H29N5O4S. The maximum absolute atomic E-state index is 12.8. The van der Waals surface area contributed by atoms with E-state index in [1.54, 1.807) is 32.0 Å². The number of anilines is 1. The number of nitrogens with zero attached hydrogens (tertiary/aromatic N) is 4. The molecule has 0 unspecified atom stereocenters. The molecule has 2 heterocycles. The number of sulfonamides is 1. The molecule has 9 nitrogen and oxygen atoms in total. The molecule has 0 saturated carbocycles. The molecule has 3 rings (SSSR count). The SMILES string of the molecule is CCN(CC)S(=O)(=O)c1ccc2c(c1)nc(CCC(=O)Nc1c(C)noc1C)n2CC. The van der Waals surface area contributed by atoms with Gasteiger partial charge in [-0.25, -0.2) is 13.4 Å². The first-order valence-electron chi connectivity index (χ1n) is 10.4. The van der Waals surface area contributed by atoms with Gasteiger partial charge in [0.1, 0.15) is 17.2 Å². The summed E-state index contributed by atoms with van der Waals surface area (Å²) < 4.78 is 34.2. The first-order chi connectivity index (χ1) is 14.7. The number of carbonyl (C=O) groups excluding carboxylic acids is 1. The Kier molecular flexibility index (Phi) is 6.80. The van der Waals surface area contributed by atoms with Crippen LogP contribution in [0.4, 0.5) is 5.69 Å². The van der Waals surface area contributed by atoms with Crippen LogP contribution in [-0.4, -0.2) is 46.4 Å². The fourth-order valence-electron chi connectivity index (χ4n) is 3.66. The highest BCUT2D eigenvalue weighted by atomic mass is 32.2. The van der Waals surface area contributed by atoms with Gasteiger partial charge in [0.25, 0.3) is 0 Å². The number of nitrogens with one attached hydrogen (secondary N) is 1. The van der Waals surface area contributed by atoms with E-state index >= 15 is 0 Å². The number of benzene rings is 1. The van der Waals surface area contributed by atoms with Crippen LogP contribution in [0.1, 0.15) is 44.5 Å². The van der Waals surface area contributed by atoms with Crippen molar-refractivity contribution < 1.29 is 17.7 Å². The van der Waals surface area contributed by atoms with Crippen molar-refractivity contribution in [3.63, 3.8) is 0 Å². The van der Waals surface area contributed by atoms with Gasteiger partial charge in [-0.15, -0.1) is 0 Å². The van der Waals surface area contributed by atoms with Crippen LogP contribution in [0.2, 0.25) is 0 Å². The van der Waals surface area contributed by atoms with Gasteiger partial charge >= 0.3 is 0 Å². The second-order valence-electron chi connectivity index (χ2n) is 7.26. The van der Waals surface area contributed by atoms with Gasteiger partial charge in [-0.3, -0.25) is 4.79 Å². The number of imidazole rings is 1. The van der Waals surface area contributed by atoms with Crippen molar-refractivity contribution in [2.45, 2.75) is 58.9 Å². The molecule has 2 aromatic heterocycles. The van der Waals surface area contributed by atoms with Crippen LogP contribution in [0.5, 0.6) is 0 Å². The van der Waals surface area contributed by atoms with E-state index in [0.717, 1.165) is 11.3 Å². The number of aromatic nitrogens is 3. The van der Waals surface area contributed by atoms with Crippen LogP contribution in [0, 0.1) is 13.8 Å². The number of aryl methyl sites for hydroxylation is 4. The molecule has 0 aliphatic rings. The number of rotatable bonds is 9. The Balaban J connectivity index is 1.83. The number of hydrogen-bond donors (Lipinski definition) is 1. The number of hydrogen-bond acceptors (Lipinski definition) is 6. The molecule has 0 saturated heterocycles. The lowest BCUT2D eigenvalue weighted by Gasteiger charge is -2.18. The monoisotopic (exact) mass is 447 g/mol. The second-order valence-corrected chi connectivity index (χ2v) is 9.20. The third kappa shape index (κ3) is 4.49. The smallest absolute Gasteiger partial charge is 0.243 e. The molecule has 0 atom stereocenters. The van der Waals surface area contributed by atoms with Gasteiger partial charge in [-0.1, -0.05) is 19.0 Å². The van der Waals surface area contributed by atoms with E-state index in [2.05, 4.69) is 15.5 Å². The van der Waals surface area contributed by atoms with Crippen LogP contribution >= 0.6 is 0 Å². The summed E-state index contributed by atoms with van der Waals surface area (Å²) in [5.41, 5.74) is 2.69. The zero-order valence-electron chi connectivity index (χ0n) is 18.6. The summed E-state index contributed by atoms with van der Waals surface area (Å²) in [4.78, 5) is 17.3. The highest BCUT2D eigenvalue weighted by Gasteiger charge is 2.23. The molecule has 0 spiro atoms. The highest BCUT2D eigenvalue weighted by molar-refractivity contribution is 7.89. The summed E-state index contributed by atoms with van der Waals surface area (Å²) in [6.45, 7) is 10.6. The maximum Gasteiger partial charge on any atom is 0.243 e. The van der Waals surface area contributed by atoms with E-state index in [0.29, 0.717) is 48.7 Å². The van der Waals surface area contributed by atoms with Crippen molar-refractivity contribution in [1.29, 1.82) is 0 Å². The lowest BCUT2D eigenvalue weighted by Crippen LogP contribution is -2.30. The fourth-order valence-corrected chi connectivity index (χ4v) is 5.14. The van der Waals surface area contributed by atoms with Gasteiger partial charge in [-0.2, -0.15) is 4.31 Å². The van der Waals surface area contributed by atoms with Gasteiger partial charge in [0, 0.05) is 32.5 Å². The van der Waals surface area contributed by atoms with E-state index < -0.39 is 10.0 Å². The zero-order valence-corrected chi connectivity index (χ0v) is 19.4. The van der Waals surface area contributed by atoms with E-state index in [1.807, 2.05) is 25.3 Å². The average Bonchev–Trinajstić information content (AvgIpc) is 3.26. The lowest BCUT2D eigenvalue weighted by molar-refractivity contribution is -0.116. The zero-order chi connectivity index (χ0) is 22.8. The molecule has 0 aliphatic carbocycles. The third-order valence-corrected chi connectivity index (χ3v) is 7.38. The topological polar surface area (TPSA) is 110 Å². The predicted octanol–water partition coefficient (Wildman–Crippen LogP) is 3.26. The van der Waals surface area contributed by atoms with E-state index in [9.17, 15) is 13.2 Å². The Morgan fingerprint density at radius 3 is 2.48 bits per heavy atom. The Hall–Kier alpha value is -2.72. The van der Waals surface area contributed by atoms with Gasteiger partial charge < -0.3 is 14.4 Å². The molecule has 1 aromatic carbocycles. The highest BCUT2D eigenvalue weighted by Crippen LogP contribution is 2.24. The summed E-state index contributed by atoms with van der Waals surface area (Å²) in [6, 6.07) is 5.02. The first-order valence-corrected chi connectivity index (χ1v) is 11.9. The Labute approximate surface area is 182 Å². The minimum Gasteiger partial charge on any atom is -0.359 e. The van der Waals surface area contributed by atoms with E-state index in [-0.39, 0.29) is 17.2 Å². The molecule has 0 radical (unpaired) electrons. The van der Waals surface area contributed by atoms with Crippen molar-refractivity contribution >= 4 is 32.7 Å². The van der Waals surface area contributed by atoms with Crippen LogP contribution < -0.4 is 5.32 Å². The molecule has 3 aromatic rings. The molecule has 31 heavy (non-hydrogen) atoms. The molecule has 0 fully saturated rings. The number of carbonyl (C=O) groups is 1. The van der Waals surface area contributed by atoms with Crippen LogP contribution in [0.25, 0.3) is 11.0 Å². The molecule has 1 amide bonds. The standard InChI is InChI=1S/C21H29N5O4S/c1-6-25(7-2)31(28,29)16-9-10-18-17(13-16)22-19(26(18)8-3)11-12-20(27)23-21-14(4)24-30-15(21)5/h9-10,13H,6-8,11-12H2,1-5H3,(H,23,27). The van der Waals surface area contributed by atoms with Crippen molar-refractivity contribution in [1.82, 2.24) is 19.0 Å². The summed E-state index contributed by atoms with van der Waals surface area (Å²) >= 11 is 0. The minimum absolute atomic E-state index is 0.158. The van der Waals surface area contributed by atoms with Gasteiger partial charge in [0.2, 0.25) is 15.9 Å². The number of fused-ring (bicyclic) bond motifs is 1. The molecule has 10 heteroatoms. The third-order valence-electron chi connectivity index (χ3n) is 5.33. The van der Waals surface area contributed by atoms with Crippen molar-refractivity contribution in [3.05, 3.63) is 35.5 Å². The fraction of sp³-hybridized carbons (Fsp3) is 0.476. The summed E-state index contributed by atoms with van der Waals surface area (Å²) in [5.74, 6) is 1.14. The van der Waals surface area contributed by atoms with Crippen molar-refractivity contribution in [3.8, 4) is 0 Å². The minimum atomic E-state index is -3.56. The second kappa shape index (κ2) is 9.19. The normalized spacial score (nSPS) is 12.1. The first kappa shape index (κ1) is 23.0. The number of amides is 1.